The number of carbonyl (C=O) groups excluding carboxylic acids is 3. The van der Waals surface area contributed by atoms with Crippen LogP contribution in [0.3, 0.4) is 0 Å². The van der Waals surface area contributed by atoms with Crippen molar-refractivity contribution >= 4 is 35.7 Å². The summed E-state index contributed by atoms with van der Waals surface area (Å²) in [5.41, 5.74) is 2.45. The van der Waals surface area contributed by atoms with Gasteiger partial charge in [-0.3, -0.25) is 14.4 Å². The van der Waals surface area contributed by atoms with Crippen molar-refractivity contribution in [1.29, 1.82) is 0 Å². The third-order valence-electron chi connectivity index (χ3n) is 5.59. The van der Waals surface area contributed by atoms with E-state index >= 15 is 0 Å². The molecule has 0 aliphatic heterocycles. The Balaban J connectivity index is 1.76. The van der Waals surface area contributed by atoms with Gasteiger partial charge in [-0.05, 0) is 43.5 Å². The number of benzene rings is 2. The fraction of sp³-hybridized carbons (Fsp3) is 0.320. The highest BCUT2D eigenvalue weighted by molar-refractivity contribution is 6.43. The van der Waals surface area contributed by atoms with Crippen LogP contribution >= 0.6 is 0 Å². The number of aryl methyl sites for hydroxylation is 1. The minimum absolute atomic E-state index is 0.0859. The van der Waals surface area contributed by atoms with Crippen LogP contribution in [0.5, 0.6) is 0 Å². The lowest BCUT2D eigenvalue weighted by molar-refractivity contribution is -0.123. The SMILES string of the molecule is Cc1ccc(C(=O)NC[C@H](NC(=O)c2cc3ccccc3[nH]2)C(=O)N[C@@H](CC(C)C)B(O)O)cc1. The summed E-state index contributed by atoms with van der Waals surface area (Å²) in [6.07, 6.45) is 0.321. The zero-order valence-electron chi connectivity index (χ0n) is 20.0. The molecule has 6 N–H and O–H groups in total. The summed E-state index contributed by atoms with van der Waals surface area (Å²) < 4.78 is 0. The smallest absolute Gasteiger partial charge is 0.426 e. The molecule has 0 saturated heterocycles. The maximum absolute atomic E-state index is 13.1. The van der Waals surface area contributed by atoms with E-state index in [1.807, 2.05) is 45.0 Å². The third kappa shape index (κ3) is 7.18. The molecule has 1 aromatic heterocycles. The number of para-hydroxylation sites is 1. The lowest BCUT2D eigenvalue weighted by atomic mass is 9.75. The first-order chi connectivity index (χ1) is 16.6. The van der Waals surface area contributed by atoms with E-state index in [9.17, 15) is 24.4 Å². The maximum Gasteiger partial charge on any atom is 0.475 e. The molecule has 0 bridgehead atoms. The Bertz CT molecular complexity index is 1140. The summed E-state index contributed by atoms with van der Waals surface area (Å²) in [6, 6.07) is 14.8. The molecule has 0 radical (unpaired) electrons. The molecule has 0 aliphatic carbocycles. The molecule has 35 heavy (non-hydrogen) atoms. The van der Waals surface area contributed by atoms with Crippen LogP contribution in [-0.4, -0.2) is 58.4 Å². The highest BCUT2D eigenvalue weighted by atomic mass is 16.4. The summed E-state index contributed by atoms with van der Waals surface area (Å²) >= 11 is 0. The second kappa shape index (κ2) is 11.7. The van der Waals surface area contributed by atoms with Crippen LogP contribution in [0.25, 0.3) is 10.9 Å². The maximum atomic E-state index is 13.1. The van der Waals surface area contributed by atoms with Crippen LogP contribution in [0.4, 0.5) is 0 Å². The molecule has 2 aromatic carbocycles. The van der Waals surface area contributed by atoms with E-state index in [4.69, 9.17) is 0 Å². The van der Waals surface area contributed by atoms with Crippen molar-refractivity contribution in [3.8, 4) is 0 Å². The number of carbonyl (C=O) groups is 3. The number of hydrogen-bond acceptors (Lipinski definition) is 5. The van der Waals surface area contributed by atoms with Gasteiger partial charge < -0.3 is 31.0 Å². The number of H-pyrrole nitrogens is 1. The van der Waals surface area contributed by atoms with Crippen LogP contribution in [0.1, 0.15) is 46.7 Å². The molecule has 3 amide bonds. The van der Waals surface area contributed by atoms with Crippen LogP contribution in [0.2, 0.25) is 0 Å². The molecule has 0 fully saturated rings. The lowest BCUT2D eigenvalue weighted by Crippen LogP contribution is -2.57. The van der Waals surface area contributed by atoms with E-state index in [0.717, 1.165) is 16.5 Å². The summed E-state index contributed by atoms with van der Waals surface area (Å²) in [4.78, 5) is 41.6. The topological polar surface area (TPSA) is 144 Å². The summed E-state index contributed by atoms with van der Waals surface area (Å²) in [6.45, 7) is 5.49. The van der Waals surface area contributed by atoms with Crippen molar-refractivity contribution in [3.05, 3.63) is 71.4 Å². The molecule has 10 heteroatoms. The quantitative estimate of drug-likeness (QED) is 0.245. The molecule has 0 unspecified atom stereocenters. The highest BCUT2D eigenvalue weighted by Crippen LogP contribution is 2.14. The minimum Gasteiger partial charge on any atom is -0.426 e. The lowest BCUT2D eigenvalue weighted by Gasteiger charge is -2.24. The number of fused-ring (bicyclic) bond motifs is 1. The molecule has 0 saturated carbocycles. The van der Waals surface area contributed by atoms with Crippen molar-refractivity contribution in [2.24, 2.45) is 5.92 Å². The molecule has 0 spiro atoms. The Labute approximate surface area is 204 Å². The van der Waals surface area contributed by atoms with E-state index in [2.05, 4.69) is 20.9 Å². The first-order valence-corrected chi connectivity index (χ1v) is 11.5. The van der Waals surface area contributed by atoms with Gasteiger partial charge >= 0.3 is 7.12 Å². The van der Waals surface area contributed by atoms with Crippen molar-refractivity contribution in [2.75, 3.05) is 6.54 Å². The minimum atomic E-state index is -1.77. The molecule has 3 rings (SSSR count). The number of aromatic amines is 1. The second-order valence-corrected chi connectivity index (χ2v) is 9.03. The average Bonchev–Trinajstić information content (AvgIpc) is 3.25. The third-order valence-corrected chi connectivity index (χ3v) is 5.59. The molecular weight excluding hydrogens is 447 g/mol. The van der Waals surface area contributed by atoms with Crippen molar-refractivity contribution in [2.45, 2.75) is 39.2 Å². The number of rotatable bonds is 10. The molecule has 2 atom stereocenters. The van der Waals surface area contributed by atoms with Gasteiger partial charge in [-0.25, -0.2) is 0 Å². The van der Waals surface area contributed by atoms with Gasteiger partial charge in [0.1, 0.15) is 11.7 Å². The Kier molecular flexibility index (Phi) is 8.67. The second-order valence-electron chi connectivity index (χ2n) is 9.03. The molecule has 9 nitrogen and oxygen atoms in total. The predicted molar refractivity (Wildman–Crippen MR) is 135 cm³/mol. The Morgan fingerprint density at radius 2 is 1.66 bits per heavy atom. The predicted octanol–water partition coefficient (Wildman–Crippen LogP) is 1.55. The Morgan fingerprint density at radius 3 is 2.29 bits per heavy atom. The first-order valence-electron chi connectivity index (χ1n) is 11.5. The summed E-state index contributed by atoms with van der Waals surface area (Å²) in [5, 5.41) is 28.2. The van der Waals surface area contributed by atoms with Crippen LogP contribution in [0, 0.1) is 12.8 Å². The van der Waals surface area contributed by atoms with Gasteiger partial charge in [0, 0.05) is 23.0 Å². The first kappa shape index (κ1) is 26.0. The van der Waals surface area contributed by atoms with E-state index in [1.54, 1.807) is 30.3 Å². The molecule has 1 heterocycles. The van der Waals surface area contributed by atoms with Gasteiger partial charge in [0.05, 0.1) is 5.94 Å². The zero-order valence-corrected chi connectivity index (χ0v) is 20.0. The zero-order chi connectivity index (χ0) is 25.5. The molecule has 184 valence electrons. The number of aromatic nitrogens is 1. The standard InChI is InChI=1S/C25H31BN4O5/c1-15(2)12-22(26(34)35)30-25(33)21(14-27-23(31)17-10-8-16(3)9-11-17)29-24(32)20-13-18-6-4-5-7-19(18)28-20/h4-11,13,15,21-22,28,34-35H,12,14H2,1-3H3,(H,27,31)(H,29,32)(H,30,33)/t21-,22-/m0/s1. The Morgan fingerprint density at radius 1 is 0.971 bits per heavy atom. The van der Waals surface area contributed by atoms with Gasteiger partial charge in [0.2, 0.25) is 5.91 Å². The van der Waals surface area contributed by atoms with Crippen molar-refractivity contribution < 1.29 is 24.4 Å². The Hall–Kier alpha value is -3.63. The summed E-state index contributed by atoms with van der Waals surface area (Å²) in [5.74, 6) is -2.41. The fourth-order valence-electron chi connectivity index (χ4n) is 3.69. The van der Waals surface area contributed by atoms with E-state index in [-0.39, 0.29) is 18.2 Å². The van der Waals surface area contributed by atoms with Gasteiger partial charge in [-0.1, -0.05) is 49.7 Å². The molecular formula is C25H31BN4O5. The number of nitrogens with one attached hydrogen (secondary N) is 4. The normalized spacial score (nSPS) is 12.7. The van der Waals surface area contributed by atoms with Gasteiger partial charge in [0.25, 0.3) is 11.8 Å². The van der Waals surface area contributed by atoms with E-state index in [1.165, 1.54) is 0 Å². The number of amides is 3. The van der Waals surface area contributed by atoms with E-state index in [0.29, 0.717) is 12.0 Å². The molecule has 3 aromatic rings. The van der Waals surface area contributed by atoms with E-state index < -0.39 is 36.8 Å². The van der Waals surface area contributed by atoms with Crippen LogP contribution < -0.4 is 16.0 Å². The van der Waals surface area contributed by atoms with Crippen LogP contribution in [-0.2, 0) is 4.79 Å². The molecule has 0 aliphatic rings. The van der Waals surface area contributed by atoms with Crippen LogP contribution in [0.15, 0.2) is 54.6 Å². The fourth-order valence-corrected chi connectivity index (χ4v) is 3.69. The van der Waals surface area contributed by atoms with Gasteiger partial charge in [-0.15, -0.1) is 0 Å². The number of hydrogen-bond donors (Lipinski definition) is 6. The monoisotopic (exact) mass is 478 g/mol. The van der Waals surface area contributed by atoms with Gasteiger partial charge in [0.15, 0.2) is 0 Å². The highest BCUT2D eigenvalue weighted by Gasteiger charge is 2.30. The average molecular weight is 478 g/mol. The van der Waals surface area contributed by atoms with Crippen molar-refractivity contribution in [1.82, 2.24) is 20.9 Å². The van der Waals surface area contributed by atoms with Gasteiger partial charge in [-0.2, -0.15) is 0 Å². The largest absolute Gasteiger partial charge is 0.475 e. The van der Waals surface area contributed by atoms with Crippen molar-refractivity contribution in [3.63, 3.8) is 0 Å². The summed E-state index contributed by atoms with van der Waals surface area (Å²) in [7, 11) is -1.77.